The molecule has 1 saturated heterocycles. The highest BCUT2D eigenvalue weighted by Gasteiger charge is 2.39. The van der Waals surface area contributed by atoms with Gasteiger partial charge in [-0.25, -0.2) is 8.42 Å². The largest absolute Gasteiger partial charge is 0.350 e. The van der Waals surface area contributed by atoms with Gasteiger partial charge in [-0.15, -0.1) is 12.4 Å². The van der Waals surface area contributed by atoms with Gasteiger partial charge in [-0.1, -0.05) is 30.3 Å². The molecule has 5 nitrogen and oxygen atoms in total. The van der Waals surface area contributed by atoms with Gasteiger partial charge in [0, 0.05) is 12.5 Å². The highest BCUT2D eigenvalue weighted by Crippen LogP contribution is 2.23. The fourth-order valence-corrected chi connectivity index (χ4v) is 4.61. The smallest absolute Gasteiger partial charge is 0.222 e. The molecule has 0 aliphatic carbocycles. The van der Waals surface area contributed by atoms with Crippen LogP contribution in [0.5, 0.6) is 0 Å². The van der Waals surface area contributed by atoms with Gasteiger partial charge in [-0.3, -0.25) is 4.79 Å². The van der Waals surface area contributed by atoms with E-state index in [4.69, 9.17) is 5.73 Å². The monoisotopic (exact) mass is 332 g/mol. The molecule has 0 spiro atoms. The summed E-state index contributed by atoms with van der Waals surface area (Å²) in [7, 11) is -3.03. The van der Waals surface area contributed by atoms with E-state index in [1.54, 1.807) is 6.92 Å². The predicted molar refractivity (Wildman–Crippen MR) is 85.1 cm³/mol. The number of hydrogen-bond donors (Lipinski definition) is 2. The van der Waals surface area contributed by atoms with Crippen LogP contribution in [0.15, 0.2) is 30.3 Å². The maximum absolute atomic E-state index is 12.0. The number of carbonyl (C=O) groups excluding carboxylic acids is 1. The molecule has 0 radical (unpaired) electrons. The van der Waals surface area contributed by atoms with Gasteiger partial charge in [0.25, 0.3) is 0 Å². The van der Waals surface area contributed by atoms with Crippen molar-refractivity contribution in [1.82, 2.24) is 5.32 Å². The molecule has 1 aliphatic rings. The number of nitrogens with one attached hydrogen (secondary N) is 1. The van der Waals surface area contributed by atoms with Crippen molar-refractivity contribution in [3.8, 4) is 0 Å². The fraction of sp³-hybridized carbons (Fsp3) is 0.500. The van der Waals surface area contributed by atoms with Crippen molar-refractivity contribution in [2.24, 2.45) is 5.73 Å². The quantitative estimate of drug-likeness (QED) is 0.866. The van der Waals surface area contributed by atoms with Crippen LogP contribution in [-0.4, -0.2) is 31.4 Å². The SMILES string of the molecule is CC1(NC(=O)CC(N)c2ccccc2)CCS(=O)(=O)C1.Cl. The first kappa shape index (κ1) is 17.9. The van der Waals surface area contributed by atoms with Crippen molar-refractivity contribution in [3.05, 3.63) is 35.9 Å². The van der Waals surface area contributed by atoms with Gasteiger partial charge in [0.2, 0.25) is 5.91 Å². The topological polar surface area (TPSA) is 89.3 Å². The molecule has 2 rings (SSSR count). The average Bonchev–Trinajstić information content (AvgIpc) is 2.64. The summed E-state index contributed by atoms with van der Waals surface area (Å²) in [5, 5.41) is 2.81. The predicted octanol–water partition coefficient (Wildman–Crippen LogP) is 1.19. The Morgan fingerprint density at radius 2 is 2.00 bits per heavy atom. The van der Waals surface area contributed by atoms with E-state index in [2.05, 4.69) is 5.32 Å². The van der Waals surface area contributed by atoms with Crippen molar-refractivity contribution in [3.63, 3.8) is 0 Å². The lowest BCUT2D eigenvalue weighted by molar-refractivity contribution is -0.122. The maximum atomic E-state index is 12.0. The van der Waals surface area contributed by atoms with Gasteiger partial charge in [0.05, 0.1) is 17.0 Å². The van der Waals surface area contributed by atoms with E-state index in [1.807, 2.05) is 30.3 Å². The molecule has 0 saturated carbocycles. The Morgan fingerprint density at radius 3 is 2.52 bits per heavy atom. The lowest BCUT2D eigenvalue weighted by atomic mass is 10.00. The van der Waals surface area contributed by atoms with E-state index >= 15 is 0 Å². The summed E-state index contributed by atoms with van der Waals surface area (Å²) in [6.45, 7) is 1.77. The first-order valence-electron chi connectivity index (χ1n) is 6.62. The van der Waals surface area contributed by atoms with Crippen molar-refractivity contribution in [2.45, 2.75) is 31.3 Å². The summed E-state index contributed by atoms with van der Waals surface area (Å²) in [6, 6.07) is 9.01. The summed E-state index contributed by atoms with van der Waals surface area (Å²) < 4.78 is 23.0. The Balaban J connectivity index is 0.00000220. The maximum Gasteiger partial charge on any atom is 0.222 e. The third-order valence-corrected chi connectivity index (χ3v) is 5.48. The minimum Gasteiger partial charge on any atom is -0.350 e. The molecule has 2 unspecified atom stereocenters. The number of sulfone groups is 1. The van der Waals surface area contributed by atoms with Crippen LogP contribution in [0.2, 0.25) is 0 Å². The third kappa shape index (κ3) is 4.98. The summed E-state index contributed by atoms with van der Waals surface area (Å²) in [6.07, 6.45) is 0.612. The highest BCUT2D eigenvalue weighted by atomic mass is 35.5. The van der Waals surface area contributed by atoms with Crippen molar-refractivity contribution < 1.29 is 13.2 Å². The van der Waals surface area contributed by atoms with Gasteiger partial charge in [-0.2, -0.15) is 0 Å². The number of hydrogen-bond acceptors (Lipinski definition) is 4. The molecule has 1 amide bonds. The van der Waals surface area contributed by atoms with Crippen LogP contribution in [0.4, 0.5) is 0 Å². The van der Waals surface area contributed by atoms with E-state index < -0.39 is 15.4 Å². The molecular weight excluding hydrogens is 312 g/mol. The Morgan fingerprint density at radius 1 is 1.38 bits per heavy atom. The highest BCUT2D eigenvalue weighted by molar-refractivity contribution is 7.91. The molecule has 1 aliphatic heterocycles. The Hall–Kier alpha value is -1.11. The van der Waals surface area contributed by atoms with Crippen molar-refractivity contribution in [1.29, 1.82) is 0 Å². The molecule has 2 atom stereocenters. The normalized spacial score (nSPS) is 24.9. The number of benzene rings is 1. The molecule has 0 bridgehead atoms. The Labute approximate surface area is 131 Å². The second-order valence-electron chi connectivity index (χ2n) is 5.67. The number of rotatable bonds is 4. The second kappa shape index (κ2) is 6.77. The molecule has 21 heavy (non-hydrogen) atoms. The van der Waals surface area contributed by atoms with Crippen molar-refractivity contribution >= 4 is 28.2 Å². The minimum atomic E-state index is -3.03. The van der Waals surface area contributed by atoms with Gasteiger partial charge < -0.3 is 11.1 Å². The molecular formula is C14H21ClN2O3S. The number of nitrogens with two attached hydrogens (primary N) is 1. The molecule has 1 heterocycles. The van der Waals surface area contributed by atoms with Gasteiger partial charge in [0.15, 0.2) is 9.84 Å². The van der Waals surface area contributed by atoms with Crippen LogP contribution >= 0.6 is 12.4 Å². The van der Waals surface area contributed by atoms with Crippen molar-refractivity contribution in [2.75, 3.05) is 11.5 Å². The van der Waals surface area contributed by atoms with Crippen LogP contribution in [0.3, 0.4) is 0 Å². The van der Waals surface area contributed by atoms with E-state index in [-0.39, 0.29) is 42.3 Å². The second-order valence-corrected chi connectivity index (χ2v) is 7.86. The molecule has 1 aromatic carbocycles. The van der Waals surface area contributed by atoms with Crippen LogP contribution in [0, 0.1) is 0 Å². The summed E-state index contributed by atoms with van der Waals surface area (Å²) in [5.74, 6) is -0.0677. The van der Waals surface area contributed by atoms with E-state index in [1.165, 1.54) is 0 Å². The summed E-state index contributed by atoms with van der Waals surface area (Å²) >= 11 is 0. The van der Waals surface area contributed by atoms with Crippen LogP contribution in [0.1, 0.15) is 31.4 Å². The molecule has 1 fully saturated rings. The molecule has 118 valence electrons. The Kier molecular flexibility index (Phi) is 5.78. The third-order valence-electron chi connectivity index (χ3n) is 3.58. The summed E-state index contributed by atoms with van der Waals surface area (Å²) in [5.41, 5.74) is 6.22. The van der Waals surface area contributed by atoms with E-state index in [9.17, 15) is 13.2 Å². The fourth-order valence-electron chi connectivity index (χ4n) is 2.51. The number of halogens is 1. The Bertz CT molecular complexity index is 591. The number of carbonyl (C=O) groups is 1. The lowest BCUT2D eigenvalue weighted by Crippen LogP contribution is -2.47. The van der Waals surface area contributed by atoms with E-state index in [0.717, 1.165) is 5.56 Å². The van der Waals surface area contributed by atoms with Crippen LogP contribution < -0.4 is 11.1 Å². The van der Waals surface area contributed by atoms with E-state index in [0.29, 0.717) is 6.42 Å². The molecule has 7 heteroatoms. The lowest BCUT2D eigenvalue weighted by Gasteiger charge is -2.24. The zero-order valence-corrected chi connectivity index (χ0v) is 13.5. The van der Waals surface area contributed by atoms with Gasteiger partial charge in [0.1, 0.15) is 0 Å². The zero-order chi connectivity index (χ0) is 14.8. The zero-order valence-electron chi connectivity index (χ0n) is 11.9. The van der Waals surface area contributed by atoms with Crippen LogP contribution in [0.25, 0.3) is 0 Å². The average molecular weight is 333 g/mol. The standard InChI is InChI=1S/C14H20N2O3S.ClH/c1-14(7-8-20(18,19)10-14)16-13(17)9-12(15)11-5-3-2-4-6-11;/h2-6,12H,7-10,15H2,1H3,(H,16,17);1H. The minimum absolute atomic E-state index is 0. The molecule has 3 N–H and O–H groups in total. The number of amides is 1. The van der Waals surface area contributed by atoms with Gasteiger partial charge in [-0.05, 0) is 18.9 Å². The first-order chi connectivity index (χ1) is 9.30. The first-order valence-corrected chi connectivity index (χ1v) is 8.44. The molecule has 0 aromatic heterocycles. The van der Waals surface area contributed by atoms with Gasteiger partial charge >= 0.3 is 0 Å². The molecule has 1 aromatic rings. The van der Waals surface area contributed by atoms with Crippen LogP contribution in [-0.2, 0) is 14.6 Å². The summed E-state index contributed by atoms with van der Waals surface area (Å²) in [4.78, 5) is 12.0.